The van der Waals surface area contributed by atoms with Gasteiger partial charge >= 0.3 is 0 Å². The lowest BCUT2D eigenvalue weighted by Crippen LogP contribution is -2.34. The molecule has 33 heavy (non-hydrogen) atoms. The lowest BCUT2D eigenvalue weighted by Gasteiger charge is -2.28. The molecule has 1 amide bonds. The molecule has 3 aromatic rings. The molecule has 0 unspecified atom stereocenters. The van der Waals surface area contributed by atoms with Gasteiger partial charge in [0.1, 0.15) is 15.8 Å². The molecular weight excluding hydrogens is 434 g/mol. The standard InChI is InChI=1S/C26H31N3O3S/c1-17(2)32-23-15-13-19(14-16-23)18-5-7-20(8-6-18)24-27-28-25(33-24)21-9-11-22(12-10-21)26(30)29(3)31-4/h5-8,13-17,21-22H,9-12H2,1-4H3/t21-,22-. The number of rotatable bonds is 7. The zero-order valence-electron chi connectivity index (χ0n) is 19.7. The van der Waals surface area contributed by atoms with E-state index < -0.39 is 0 Å². The Labute approximate surface area is 199 Å². The van der Waals surface area contributed by atoms with E-state index in [0.717, 1.165) is 58.1 Å². The van der Waals surface area contributed by atoms with Crippen molar-refractivity contribution >= 4 is 17.2 Å². The van der Waals surface area contributed by atoms with Crippen molar-refractivity contribution in [2.24, 2.45) is 5.92 Å². The van der Waals surface area contributed by atoms with Crippen molar-refractivity contribution in [2.75, 3.05) is 14.2 Å². The van der Waals surface area contributed by atoms with Gasteiger partial charge in [0.15, 0.2) is 0 Å². The van der Waals surface area contributed by atoms with Crippen LogP contribution in [-0.4, -0.2) is 41.4 Å². The predicted molar refractivity (Wildman–Crippen MR) is 131 cm³/mol. The van der Waals surface area contributed by atoms with Crippen molar-refractivity contribution in [3.8, 4) is 27.4 Å². The minimum absolute atomic E-state index is 0.0390. The Morgan fingerprint density at radius 2 is 1.52 bits per heavy atom. The van der Waals surface area contributed by atoms with E-state index in [1.807, 2.05) is 26.0 Å². The summed E-state index contributed by atoms with van der Waals surface area (Å²) in [6, 6.07) is 16.6. The molecule has 1 fully saturated rings. The number of carbonyl (C=O) groups is 1. The molecule has 0 radical (unpaired) electrons. The smallest absolute Gasteiger partial charge is 0.248 e. The molecule has 1 aliphatic carbocycles. The molecule has 0 bridgehead atoms. The van der Waals surface area contributed by atoms with Crippen molar-refractivity contribution in [3.05, 3.63) is 53.5 Å². The first kappa shape index (κ1) is 23.4. The maximum Gasteiger partial charge on any atom is 0.248 e. The third kappa shape index (κ3) is 5.60. The van der Waals surface area contributed by atoms with Crippen LogP contribution in [0.1, 0.15) is 50.5 Å². The van der Waals surface area contributed by atoms with Gasteiger partial charge in [0.05, 0.1) is 13.2 Å². The van der Waals surface area contributed by atoms with Gasteiger partial charge in [0.25, 0.3) is 0 Å². The largest absolute Gasteiger partial charge is 0.491 e. The normalized spacial score (nSPS) is 18.3. The van der Waals surface area contributed by atoms with Gasteiger partial charge < -0.3 is 4.74 Å². The maximum atomic E-state index is 12.3. The second-order valence-corrected chi connectivity index (χ2v) is 9.79. The quantitative estimate of drug-likeness (QED) is 0.403. The van der Waals surface area contributed by atoms with Gasteiger partial charge in [-0.2, -0.15) is 0 Å². The highest BCUT2D eigenvalue weighted by atomic mass is 32.1. The topological polar surface area (TPSA) is 64.5 Å². The molecule has 0 aliphatic heterocycles. The fourth-order valence-corrected chi connectivity index (χ4v) is 5.27. The molecule has 0 spiro atoms. The van der Waals surface area contributed by atoms with Crippen LogP contribution in [-0.2, 0) is 9.63 Å². The van der Waals surface area contributed by atoms with E-state index in [0.29, 0.717) is 5.92 Å². The maximum absolute atomic E-state index is 12.3. The fraction of sp³-hybridized carbons (Fsp3) is 0.423. The molecule has 0 atom stereocenters. The molecule has 1 heterocycles. The number of nitrogens with zero attached hydrogens (tertiary/aromatic N) is 3. The van der Waals surface area contributed by atoms with Gasteiger partial charge in [0, 0.05) is 24.4 Å². The van der Waals surface area contributed by atoms with E-state index in [1.165, 1.54) is 12.2 Å². The van der Waals surface area contributed by atoms with Crippen molar-refractivity contribution in [1.29, 1.82) is 0 Å². The van der Waals surface area contributed by atoms with Crippen LogP contribution >= 0.6 is 11.3 Å². The second-order valence-electron chi connectivity index (χ2n) is 8.78. The minimum atomic E-state index is 0.0390. The van der Waals surface area contributed by atoms with Crippen LogP contribution < -0.4 is 4.74 Å². The number of hydrogen-bond acceptors (Lipinski definition) is 6. The highest BCUT2D eigenvalue weighted by Crippen LogP contribution is 2.39. The summed E-state index contributed by atoms with van der Waals surface area (Å²) in [5, 5.41) is 12.3. The zero-order chi connectivity index (χ0) is 23.4. The summed E-state index contributed by atoms with van der Waals surface area (Å²) in [5.41, 5.74) is 3.39. The van der Waals surface area contributed by atoms with Crippen LogP contribution in [0.15, 0.2) is 48.5 Å². The second kappa shape index (κ2) is 10.4. The molecule has 4 rings (SSSR count). The van der Waals surface area contributed by atoms with Crippen LogP contribution in [0.5, 0.6) is 5.75 Å². The van der Waals surface area contributed by atoms with Gasteiger partial charge in [-0.1, -0.05) is 47.7 Å². The number of hydroxylamine groups is 2. The van der Waals surface area contributed by atoms with Crippen LogP contribution in [0.2, 0.25) is 0 Å². The minimum Gasteiger partial charge on any atom is -0.491 e. The van der Waals surface area contributed by atoms with E-state index in [1.54, 1.807) is 18.4 Å². The Balaban J connectivity index is 1.38. The van der Waals surface area contributed by atoms with Crippen molar-refractivity contribution in [2.45, 2.75) is 51.6 Å². The molecule has 0 N–H and O–H groups in total. The summed E-state index contributed by atoms with van der Waals surface area (Å²) in [6.07, 6.45) is 3.81. The van der Waals surface area contributed by atoms with E-state index in [9.17, 15) is 4.79 Å². The van der Waals surface area contributed by atoms with Gasteiger partial charge in [-0.05, 0) is 62.8 Å². The first-order valence-electron chi connectivity index (χ1n) is 11.5. The summed E-state index contributed by atoms with van der Waals surface area (Å²) in [7, 11) is 3.20. The number of ether oxygens (including phenoxy) is 1. The number of carbonyl (C=O) groups excluding carboxylic acids is 1. The molecular formula is C26H31N3O3S. The summed E-state index contributed by atoms with van der Waals surface area (Å²) in [6.45, 7) is 4.05. The van der Waals surface area contributed by atoms with Gasteiger partial charge in [0.2, 0.25) is 5.91 Å². The summed E-state index contributed by atoms with van der Waals surface area (Å²) in [5.74, 6) is 1.36. The SMILES string of the molecule is CON(C)C(=O)[C@H]1CC[C@H](c2nnc(-c3ccc(-c4ccc(OC(C)C)cc4)cc3)s2)CC1. The molecule has 2 aromatic carbocycles. The molecule has 174 valence electrons. The Morgan fingerprint density at radius 1 is 0.939 bits per heavy atom. The third-order valence-electron chi connectivity index (χ3n) is 6.14. The first-order chi connectivity index (χ1) is 15.9. The number of benzene rings is 2. The number of amides is 1. The summed E-state index contributed by atoms with van der Waals surface area (Å²) in [4.78, 5) is 17.4. The Morgan fingerprint density at radius 3 is 2.09 bits per heavy atom. The Bertz CT molecular complexity index is 1060. The van der Waals surface area contributed by atoms with E-state index >= 15 is 0 Å². The summed E-state index contributed by atoms with van der Waals surface area (Å²) < 4.78 is 5.73. The van der Waals surface area contributed by atoms with Gasteiger partial charge in [-0.25, -0.2) is 5.06 Å². The van der Waals surface area contributed by atoms with Crippen molar-refractivity contribution in [3.63, 3.8) is 0 Å². The monoisotopic (exact) mass is 465 g/mol. The first-order valence-corrected chi connectivity index (χ1v) is 12.3. The average molecular weight is 466 g/mol. The van der Waals surface area contributed by atoms with Crippen LogP contribution in [0.4, 0.5) is 0 Å². The van der Waals surface area contributed by atoms with Crippen LogP contribution in [0, 0.1) is 5.92 Å². The molecule has 1 saturated carbocycles. The molecule has 1 aromatic heterocycles. The molecule has 0 saturated heterocycles. The molecule has 6 nitrogen and oxygen atoms in total. The number of aromatic nitrogens is 2. The lowest BCUT2D eigenvalue weighted by atomic mass is 9.82. The Kier molecular flexibility index (Phi) is 7.40. The van der Waals surface area contributed by atoms with Gasteiger partial charge in [-0.3, -0.25) is 9.63 Å². The third-order valence-corrected chi connectivity index (χ3v) is 7.28. The average Bonchev–Trinajstić information content (AvgIpc) is 3.34. The zero-order valence-corrected chi connectivity index (χ0v) is 20.5. The Hall–Kier alpha value is -2.77. The van der Waals surface area contributed by atoms with E-state index in [4.69, 9.17) is 9.57 Å². The highest BCUT2D eigenvalue weighted by molar-refractivity contribution is 7.14. The highest BCUT2D eigenvalue weighted by Gasteiger charge is 2.30. The van der Waals surface area contributed by atoms with Crippen molar-refractivity contribution in [1.82, 2.24) is 15.3 Å². The van der Waals surface area contributed by atoms with Gasteiger partial charge in [-0.15, -0.1) is 10.2 Å². The van der Waals surface area contributed by atoms with Crippen molar-refractivity contribution < 1.29 is 14.4 Å². The van der Waals surface area contributed by atoms with E-state index in [-0.39, 0.29) is 17.9 Å². The summed E-state index contributed by atoms with van der Waals surface area (Å²) >= 11 is 1.66. The number of hydrogen-bond donors (Lipinski definition) is 0. The lowest BCUT2D eigenvalue weighted by molar-refractivity contribution is -0.174. The van der Waals surface area contributed by atoms with Crippen LogP contribution in [0.3, 0.4) is 0 Å². The molecule has 7 heteroatoms. The van der Waals surface area contributed by atoms with E-state index in [2.05, 4.69) is 46.6 Å². The van der Waals surface area contributed by atoms with Crippen LogP contribution in [0.25, 0.3) is 21.7 Å². The fourth-order valence-electron chi connectivity index (χ4n) is 4.25. The predicted octanol–water partition coefficient (Wildman–Crippen LogP) is 5.95. The molecule has 1 aliphatic rings.